The molecule has 0 saturated carbocycles. The van der Waals surface area contributed by atoms with Gasteiger partial charge in [0.15, 0.2) is 0 Å². The number of rotatable bonds is 13. The smallest absolute Gasteiger partial charge is 0.0617 e. The SMILES string of the molecule is CCCCCCCC[P+](CC(C)C)(CC(C)C)CC(C)C.[Cl-]. The zero-order valence-corrected chi connectivity index (χ0v) is 18.3. The Bertz CT molecular complexity index is 209. The summed E-state index contributed by atoms with van der Waals surface area (Å²) >= 11 is 0. The topological polar surface area (TPSA) is 0 Å². The fraction of sp³-hybridized carbons (Fsp3) is 1.00. The van der Waals surface area contributed by atoms with Crippen molar-refractivity contribution in [1.82, 2.24) is 0 Å². The molecule has 0 bridgehead atoms. The zero-order chi connectivity index (χ0) is 16.3. The molecule has 0 aliphatic carbocycles. The fourth-order valence-electron chi connectivity index (χ4n) is 4.05. The second-order valence-corrected chi connectivity index (χ2v) is 12.8. The van der Waals surface area contributed by atoms with Crippen molar-refractivity contribution in [3.8, 4) is 0 Å². The van der Waals surface area contributed by atoms with Gasteiger partial charge in [0.1, 0.15) is 0 Å². The molecule has 0 saturated heterocycles. The largest absolute Gasteiger partial charge is 1.00 e. The Balaban J connectivity index is 0. The first-order chi connectivity index (χ1) is 9.81. The molecule has 0 fully saturated rings. The lowest BCUT2D eigenvalue weighted by atomic mass is 10.1. The monoisotopic (exact) mass is 350 g/mol. The molecule has 0 rings (SSSR count). The van der Waals surface area contributed by atoms with Gasteiger partial charge >= 0.3 is 0 Å². The fourth-order valence-corrected chi connectivity index (χ4v) is 10.6. The summed E-state index contributed by atoms with van der Waals surface area (Å²) in [5.74, 6) is 2.66. The lowest BCUT2D eigenvalue weighted by molar-refractivity contribution is -0.00000547. The molecular weight excluding hydrogens is 307 g/mol. The van der Waals surface area contributed by atoms with Crippen LogP contribution in [0.15, 0.2) is 0 Å². The van der Waals surface area contributed by atoms with E-state index in [1.165, 1.54) is 38.5 Å². The van der Waals surface area contributed by atoms with Gasteiger partial charge in [0.2, 0.25) is 0 Å². The molecule has 0 N–H and O–H groups in total. The molecular formula is C20H44ClP. The van der Waals surface area contributed by atoms with Crippen LogP contribution in [0.25, 0.3) is 0 Å². The third-order valence-corrected chi connectivity index (χ3v) is 10.0. The van der Waals surface area contributed by atoms with Crippen LogP contribution in [-0.4, -0.2) is 24.6 Å². The maximum Gasteiger partial charge on any atom is 0.0617 e. The Hall–Kier alpha value is 0.720. The second kappa shape index (κ2) is 14.1. The van der Waals surface area contributed by atoms with Crippen LogP contribution < -0.4 is 12.4 Å². The Morgan fingerprint density at radius 2 is 0.955 bits per heavy atom. The van der Waals surface area contributed by atoms with E-state index in [1.54, 1.807) is 24.6 Å². The van der Waals surface area contributed by atoms with Gasteiger partial charge in [-0.25, -0.2) is 0 Å². The number of hydrogen-bond acceptors (Lipinski definition) is 0. The molecule has 0 unspecified atom stereocenters. The van der Waals surface area contributed by atoms with Crippen LogP contribution in [-0.2, 0) is 0 Å². The molecule has 0 aliphatic heterocycles. The van der Waals surface area contributed by atoms with E-state index in [-0.39, 0.29) is 12.4 Å². The molecule has 2 heteroatoms. The van der Waals surface area contributed by atoms with Crippen LogP contribution in [0.4, 0.5) is 0 Å². The van der Waals surface area contributed by atoms with Crippen molar-refractivity contribution < 1.29 is 12.4 Å². The molecule has 0 aliphatic rings. The normalized spacial score (nSPS) is 12.3. The van der Waals surface area contributed by atoms with Crippen LogP contribution in [0.1, 0.15) is 87.0 Å². The summed E-state index contributed by atoms with van der Waals surface area (Å²) in [5, 5.41) is 0. The van der Waals surface area contributed by atoms with Gasteiger partial charge in [-0.1, -0.05) is 74.1 Å². The molecule has 0 aromatic rings. The summed E-state index contributed by atoms with van der Waals surface area (Å²) < 4.78 is 0. The lowest BCUT2D eigenvalue weighted by Gasteiger charge is -2.32. The maximum absolute atomic E-state index is 2.44. The minimum absolute atomic E-state index is 0. The van der Waals surface area contributed by atoms with Crippen molar-refractivity contribution in [2.45, 2.75) is 87.0 Å². The Labute approximate surface area is 149 Å². The summed E-state index contributed by atoms with van der Waals surface area (Å²) in [5.41, 5.74) is 0. The highest BCUT2D eigenvalue weighted by molar-refractivity contribution is 7.75. The van der Waals surface area contributed by atoms with Crippen LogP contribution >= 0.6 is 7.26 Å². The minimum atomic E-state index is -0.720. The van der Waals surface area contributed by atoms with Crippen molar-refractivity contribution in [2.24, 2.45) is 17.8 Å². The lowest BCUT2D eigenvalue weighted by Crippen LogP contribution is -3.00. The van der Waals surface area contributed by atoms with Crippen molar-refractivity contribution in [2.75, 3.05) is 24.6 Å². The van der Waals surface area contributed by atoms with Crippen LogP contribution in [0, 0.1) is 17.8 Å². The van der Waals surface area contributed by atoms with Crippen LogP contribution in [0.2, 0.25) is 0 Å². The van der Waals surface area contributed by atoms with Gasteiger partial charge in [-0.15, -0.1) is 0 Å². The minimum Gasteiger partial charge on any atom is -1.00 e. The van der Waals surface area contributed by atoms with Crippen molar-refractivity contribution in [3.05, 3.63) is 0 Å². The summed E-state index contributed by atoms with van der Waals surface area (Å²) in [6.07, 6.45) is 14.9. The van der Waals surface area contributed by atoms with Gasteiger partial charge in [-0.3, -0.25) is 0 Å². The van der Waals surface area contributed by atoms with Crippen molar-refractivity contribution in [1.29, 1.82) is 0 Å². The summed E-state index contributed by atoms with van der Waals surface area (Å²) in [6.45, 7) is 17.0. The molecule has 22 heavy (non-hydrogen) atoms. The predicted octanol–water partition coefficient (Wildman–Crippen LogP) is 4.34. The van der Waals surface area contributed by atoms with Crippen LogP contribution in [0.5, 0.6) is 0 Å². The third kappa shape index (κ3) is 13.2. The van der Waals surface area contributed by atoms with E-state index in [4.69, 9.17) is 0 Å². The van der Waals surface area contributed by atoms with Gasteiger partial charge in [0.25, 0.3) is 0 Å². The number of unbranched alkanes of at least 4 members (excludes halogenated alkanes) is 5. The Morgan fingerprint density at radius 3 is 1.32 bits per heavy atom. The van der Waals surface area contributed by atoms with Crippen molar-refractivity contribution >= 4 is 7.26 Å². The first-order valence-corrected chi connectivity index (χ1v) is 12.2. The Morgan fingerprint density at radius 1 is 0.591 bits per heavy atom. The molecule has 0 heterocycles. The van der Waals surface area contributed by atoms with Gasteiger partial charge in [0, 0.05) is 7.26 Å². The number of hydrogen-bond donors (Lipinski definition) is 0. The van der Waals surface area contributed by atoms with E-state index in [2.05, 4.69) is 48.5 Å². The van der Waals surface area contributed by atoms with E-state index in [0.717, 1.165) is 17.8 Å². The van der Waals surface area contributed by atoms with E-state index < -0.39 is 7.26 Å². The zero-order valence-electron chi connectivity index (χ0n) is 16.6. The summed E-state index contributed by atoms with van der Waals surface area (Å²) in [6, 6.07) is 0. The van der Waals surface area contributed by atoms with Crippen molar-refractivity contribution in [3.63, 3.8) is 0 Å². The van der Waals surface area contributed by atoms with Gasteiger partial charge in [0.05, 0.1) is 24.6 Å². The average Bonchev–Trinajstić information content (AvgIpc) is 2.30. The first kappa shape index (κ1) is 25.0. The molecule has 0 aromatic heterocycles. The first-order valence-electron chi connectivity index (χ1n) is 9.66. The highest BCUT2D eigenvalue weighted by Gasteiger charge is 2.38. The molecule has 0 nitrogen and oxygen atoms in total. The molecule has 0 aromatic carbocycles. The molecule has 0 atom stereocenters. The molecule has 136 valence electrons. The molecule has 0 spiro atoms. The van der Waals surface area contributed by atoms with Gasteiger partial charge in [-0.2, -0.15) is 0 Å². The van der Waals surface area contributed by atoms with Gasteiger partial charge < -0.3 is 12.4 Å². The predicted molar refractivity (Wildman–Crippen MR) is 104 cm³/mol. The summed E-state index contributed by atoms with van der Waals surface area (Å²) in [7, 11) is -0.720. The maximum atomic E-state index is 2.44. The second-order valence-electron chi connectivity index (χ2n) is 8.56. The average molecular weight is 351 g/mol. The number of halogens is 1. The highest BCUT2D eigenvalue weighted by Crippen LogP contribution is 2.62. The van der Waals surface area contributed by atoms with Gasteiger partial charge in [-0.05, 0) is 30.6 Å². The van der Waals surface area contributed by atoms with Crippen LogP contribution in [0.3, 0.4) is 0 Å². The van der Waals surface area contributed by atoms with E-state index in [9.17, 15) is 0 Å². The molecule has 0 radical (unpaired) electrons. The van der Waals surface area contributed by atoms with E-state index in [1.807, 2.05) is 0 Å². The summed E-state index contributed by atoms with van der Waals surface area (Å²) in [4.78, 5) is 0. The Kier molecular flexibility index (Phi) is 16.0. The third-order valence-electron chi connectivity index (χ3n) is 4.24. The molecule has 0 amide bonds. The quantitative estimate of drug-likeness (QED) is 0.342. The standard InChI is InChI=1S/C20H44P.ClH/c1-8-9-10-11-12-13-14-21(15-18(2)3,16-19(4)5)17-20(6)7;/h18-20H,8-17H2,1-7H3;1H/q+1;/p-1. The van der Waals surface area contributed by atoms with E-state index in [0.29, 0.717) is 0 Å². The highest BCUT2D eigenvalue weighted by atomic mass is 35.5. The van der Waals surface area contributed by atoms with E-state index >= 15 is 0 Å².